The molecular formula is C13H15NO3. The Bertz CT molecular complexity index is 423. The summed E-state index contributed by atoms with van der Waals surface area (Å²) >= 11 is 0. The zero-order chi connectivity index (χ0) is 12.8. The zero-order valence-corrected chi connectivity index (χ0v) is 9.97. The van der Waals surface area contributed by atoms with E-state index in [0.29, 0.717) is 11.3 Å². The predicted molar refractivity (Wildman–Crippen MR) is 65.2 cm³/mol. The van der Waals surface area contributed by atoms with Crippen LogP contribution in [0.4, 0.5) is 0 Å². The quantitative estimate of drug-likeness (QED) is 0.572. The standard InChI is InChI=1S/C13H15NO3/c1-4-13(16)14(2)9-12(15)10-5-7-11(17-3)8-6-10/h4-8H,1,9H2,2-3H3. The number of ketones is 1. The average molecular weight is 233 g/mol. The fraction of sp³-hybridized carbons (Fsp3) is 0.231. The second-order valence-corrected chi connectivity index (χ2v) is 3.55. The molecule has 0 aliphatic heterocycles. The summed E-state index contributed by atoms with van der Waals surface area (Å²) in [4.78, 5) is 24.3. The van der Waals surface area contributed by atoms with Crippen LogP contribution in [0.25, 0.3) is 0 Å². The van der Waals surface area contributed by atoms with Gasteiger partial charge < -0.3 is 9.64 Å². The van der Waals surface area contributed by atoms with Gasteiger partial charge in [-0.25, -0.2) is 0 Å². The Labute approximate surface area is 100 Å². The van der Waals surface area contributed by atoms with E-state index in [1.54, 1.807) is 38.4 Å². The Hall–Kier alpha value is -2.10. The van der Waals surface area contributed by atoms with Crippen LogP contribution in [0.15, 0.2) is 36.9 Å². The minimum atomic E-state index is -0.271. The highest BCUT2D eigenvalue weighted by atomic mass is 16.5. The lowest BCUT2D eigenvalue weighted by Crippen LogP contribution is -2.30. The first-order valence-corrected chi connectivity index (χ1v) is 5.13. The highest BCUT2D eigenvalue weighted by Crippen LogP contribution is 2.11. The molecule has 0 radical (unpaired) electrons. The van der Waals surface area contributed by atoms with E-state index in [9.17, 15) is 9.59 Å². The summed E-state index contributed by atoms with van der Waals surface area (Å²) in [7, 11) is 3.12. The van der Waals surface area contributed by atoms with E-state index in [-0.39, 0.29) is 18.2 Å². The Morgan fingerprint density at radius 3 is 2.41 bits per heavy atom. The topological polar surface area (TPSA) is 46.6 Å². The number of nitrogens with zero attached hydrogens (tertiary/aromatic N) is 1. The number of benzene rings is 1. The van der Waals surface area contributed by atoms with Gasteiger partial charge in [0, 0.05) is 12.6 Å². The molecule has 0 atom stereocenters. The molecular weight excluding hydrogens is 218 g/mol. The van der Waals surface area contributed by atoms with Crippen LogP contribution in [0.5, 0.6) is 5.75 Å². The summed E-state index contributed by atoms with van der Waals surface area (Å²) in [6.07, 6.45) is 1.18. The number of likely N-dealkylation sites (N-methyl/N-ethyl adjacent to an activating group) is 1. The van der Waals surface area contributed by atoms with Gasteiger partial charge in [-0.2, -0.15) is 0 Å². The maximum absolute atomic E-state index is 11.8. The molecule has 0 unspecified atom stereocenters. The van der Waals surface area contributed by atoms with Crippen molar-refractivity contribution in [1.29, 1.82) is 0 Å². The lowest BCUT2D eigenvalue weighted by molar-refractivity contribution is -0.124. The molecule has 0 heterocycles. The van der Waals surface area contributed by atoms with Crippen molar-refractivity contribution in [1.82, 2.24) is 4.90 Å². The molecule has 1 aromatic rings. The third-order valence-electron chi connectivity index (χ3n) is 2.34. The van der Waals surface area contributed by atoms with E-state index in [4.69, 9.17) is 4.74 Å². The van der Waals surface area contributed by atoms with E-state index in [1.807, 2.05) is 0 Å². The van der Waals surface area contributed by atoms with Gasteiger partial charge in [0.05, 0.1) is 13.7 Å². The lowest BCUT2D eigenvalue weighted by Gasteiger charge is -2.13. The van der Waals surface area contributed by atoms with Crippen LogP contribution in [0, 0.1) is 0 Å². The Kier molecular flexibility index (Phi) is 4.46. The van der Waals surface area contributed by atoms with E-state index in [0.717, 1.165) is 0 Å². The van der Waals surface area contributed by atoms with Crippen LogP contribution in [-0.2, 0) is 4.79 Å². The van der Waals surface area contributed by atoms with Crippen molar-refractivity contribution in [2.45, 2.75) is 0 Å². The summed E-state index contributed by atoms with van der Waals surface area (Å²) in [5.41, 5.74) is 0.550. The van der Waals surface area contributed by atoms with Gasteiger partial charge in [-0.05, 0) is 30.3 Å². The van der Waals surface area contributed by atoms with Gasteiger partial charge in [-0.3, -0.25) is 9.59 Å². The Morgan fingerprint density at radius 1 is 1.35 bits per heavy atom. The number of amides is 1. The minimum absolute atomic E-state index is 0.0389. The van der Waals surface area contributed by atoms with E-state index in [2.05, 4.69) is 6.58 Å². The molecule has 0 fully saturated rings. The molecule has 0 bridgehead atoms. The number of methoxy groups -OCH3 is 1. The summed E-state index contributed by atoms with van der Waals surface area (Å²) in [6, 6.07) is 6.77. The molecule has 0 aromatic heterocycles. The third-order valence-corrected chi connectivity index (χ3v) is 2.34. The second kappa shape index (κ2) is 5.84. The van der Waals surface area contributed by atoms with Crippen LogP contribution >= 0.6 is 0 Å². The van der Waals surface area contributed by atoms with Crippen molar-refractivity contribution < 1.29 is 14.3 Å². The summed E-state index contributed by atoms with van der Waals surface area (Å²) < 4.78 is 5.00. The first-order valence-electron chi connectivity index (χ1n) is 5.13. The predicted octanol–water partition coefficient (Wildman–Crippen LogP) is 1.52. The third kappa shape index (κ3) is 3.45. The van der Waals surface area contributed by atoms with E-state index >= 15 is 0 Å². The van der Waals surface area contributed by atoms with Crippen molar-refractivity contribution in [3.05, 3.63) is 42.5 Å². The summed E-state index contributed by atoms with van der Waals surface area (Å²) in [5.74, 6) is 0.300. The molecule has 90 valence electrons. The van der Waals surface area contributed by atoms with Crippen molar-refractivity contribution >= 4 is 11.7 Å². The van der Waals surface area contributed by atoms with E-state index in [1.165, 1.54) is 11.0 Å². The lowest BCUT2D eigenvalue weighted by atomic mass is 10.1. The maximum atomic E-state index is 11.8. The Morgan fingerprint density at radius 2 is 1.94 bits per heavy atom. The van der Waals surface area contributed by atoms with Crippen molar-refractivity contribution in [3.63, 3.8) is 0 Å². The van der Waals surface area contributed by atoms with Gasteiger partial charge in [0.2, 0.25) is 5.91 Å². The van der Waals surface area contributed by atoms with Crippen LogP contribution < -0.4 is 4.74 Å². The summed E-state index contributed by atoms with van der Waals surface area (Å²) in [5, 5.41) is 0. The van der Waals surface area contributed by atoms with Crippen molar-refractivity contribution in [2.24, 2.45) is 0 Å². The molecule has 0 aliphatic rings. The van der Waals surface area contributed by atoms with Crippen LogP contribution in [0.3, 0.4) is 0 Å². The largest absolute Gasteiger partial charge is 0.497 e. The summed E-state index contributed by atoms with van der Waals surface area (Å²) in [6.45, 7) is 3.40. The molecule has 0 saturated heterocycles. The smallest absolute Gasteiger partial charge is 0.246 e. The SMILES string of the molecule is C=CC(=O)N(C)CC(=O)c1ccc(OC)cc1. The number of carbonyl (C=O) groups excluding carboxylic acids is 2. The van der Waals surface area contributed by atoms with Crippen molar-refractivity contribution in [2.75, 3.05) is 20.7 Å². The molecule has 4 nitrogen and oxygen atoms in total. The number of rotatable bonds is 5. The van der Waals surface area contributed by atoms with Gasteiger partial charge in [-0.1, -0.05) is 6.58 Å². The Balaban J connectivity index is 2.69. The highest BCUT2D eigenvalue weighted by molar-refractivity contribution is 6.00. The van der Waals surface area contributed by atoms with Gasteiger partial charge in [-0.15, -0.1) is 0 Å². The average Bonchev–Trinajstić information content (AvgIpc) is 2.37. The molecule has 17 heavy (non-hydrogen) atoms. The molecule has 0 aliphatic carbocycles. The normalized spacial score (nSPS) is 9.53. The maximum Gasteiger partial charge on any atom is 0.246 e. The van der Waals surface area contributed by atoms with Gasteiger partial charge in [0.15, 0.2) is 5.78 Å². The number of carbonyl (C=O) groups is 2. The fourth-order valence-electron chi connectivity index (χ4n) is 1.32. The molecule has 1 aromatic carbocycles. The molecule has 4 heteroatoms. The highest BCUT2D eigenvalue weighted by Gasteiger charge is 2.11. The molecule has 1 amide bonds. The zero-order valence-electron chi connectivity index (χ0n) is 9.97. The molecule has 0 saturated carbocycles. The fourth-order valence-corrected chi connectivity index (χ4v) is 1.32. The van der Waals surface area contributed by atoms with Crippen LogP contribution in [0.1, 0.15) is 10.4 Å². The number of hydrogen-bond acceptors (Lipinski definition) is 3. The van der Waals surface area contributed by atoms with Gasteiger partial charge in [0.1, 0.15) is 5.75 Å². The van der Waals surface area contributed by atoms with Gasteiger partial charge in [0.25, 0.3) is 0 Å². The number of hydrogen-bond donors (Lipinski definition) is 0. The monoisotopic (exact) mass is 233 g/mol. The number of Topliss-reactive ketones (excluding diaryl/α,β-unsaturated/α-hetero) is 1. The molecule has 0 N–H and O–H groups in total. The molecule has 1 rings (SSSR count). The van der Waals surface area contributed by atoms with Crippen LogP contribution in [0.2, 0.25) is 0 Å². The molecule has 0 spiro atoms. The minimum Gasteiger partial charge on any atom is -0.497 e. The second-order valence-electron chi connectivity index (χ2n) is 3.55. The van der Waals surface area contributed by atoms with Gasteiger partial charge >= 0.3 is 0 Å². The number of ether oxygens (including phenoxy) is 1. The van der Waals surface area contributed by atoms with Crippen LogP contribution in [-0.4, -0.2) is 37.3 Å². The van der Waals surface area contributed by atoms with Crippen molar-refractivity contribution in [3.8, 4) is 5.75 Å². The first kappa shape index (κ1) is 13.0. The first-order chi connectivity index (χ1) is 8.08. The van der Waals surface area contributed by atoms with E-state index < -0.39 is 0 Å².